The molecule has 1 aromatic rings. The molecule has 160 valence electrons. The second-order valence-corrected chi connectivity index (χ2v) is 7.96. The second kappa shape index (κ2) is 9.80. The molecule has 30 heavy (non-hydrogen) atoms. The molecule has 3 rings (SSSR count). The van der Waals surface area contributed by atoms with Gasteiger partial charge in [-0.1, -0.05) is 12.1 Å². The zero-order chi connectivity index (χ0) is 21.7. The number of benzene rings is 1. The van der Waals surface area contributed by atoms with Gasteiger partial charge in [0.05, 0.1) is 18.2 Å². The van der Waals surface area contributed by atoms with Crippen molar-refractivity contribution in [3.05, 3.63) is 35.4 Å². The van der Waals surface area contributed by atoms with Gasteiger partial charge in [-0.05, 0) is 37.0 Å². The number of hydrogen-bond acceptors (Lipinski definition) is 7. The number of likely N-dealkylation sites (tertiary alicyclic amines) is 2. The molecule has 0 saturated carbocycles. The van der Waals surface area contributed by atoms with Crippen LogP contribution in [-0.4, -0.2) is 71.7 Å². The first-order chi connectivity index (χ1) is 14.4. The third kappa shape index (κ3) is 5.02. The molecule has 2 aliphatic heterocycles. The Morgan fingerprint density at radius 3 is 2.70 bits per heavy atom. The smallest absolute Gasteiger partial charge is 0.248 e. The van der Waals surface area contributed by atoms with Gasteiger partial charge in [0, 0.05) is 37.8 Å². The second-order valence-electron chi connectivity index (χ2n) is 7.96. The summed E-state index contributed by atoms with van der Waals surface area (Å²) >= 11 is 0. The minimum atomic E-state index is -0.763. The number of amides is 2. The van der Waals surface area contributed by atoms with E-state index in [4.69, 9.17) is 11.5 Å². The predicted octanol–water partition coefficient (Wildman–Crippen LogP) is -0.641. The summed E-state index contributed by atoms with van der Waals surface area (Å²) in [6, 6.07) is 7.82. The molecule has 3 unspecified atom stereocenters. The average molecular weight is 412 g/mol. The van der Waals surface area contributed by atoms with Crippen molar-refractivity contribution in [1.29, 1.82) is 5.26 Å². The number of nitrogens with two attached hydrogens (primary N) is 2. The van der Waals surface area contributed by atoms with E-state index >= 15 is 0 Å². The number of nitrogens with zero attached hydrogens (tertiary/aromatic N) is 3. The summed E-state index contributed by atoms with van der Waals surface area (Å²) in [7, 11) is 0. The van der Waals surface area contributed by atoms with Crippen molar-refractivity contribution in [2.75, 3.05) is 19.6 Å². The predicted molar refractivity (Wildman–Crippen MR) is 110 cm³/mol. The van der Waals surface area contributed by atoms with E-state index in [0.29, 0.717) is 38.0 Å². The van der Waals surface area contributed by atoms with Crippen LogP contribution in [0.4, 0.5) is 0 Å². The van der Waals surface area contributed by atoms with E-state index in [0.717, 1.165) is 18.3 Å². The molecule has 5 N–H and O–H groups in total. The third-order valence-corrected chi connectivity index (χ3v) is 5.87. The minimum absolute atomic E-state index is 0.0805. The number of rotatable bonds is 8. The first-order valence-corrected chi connectivity index (χ1v) is 10.2. The molecular formula is C21H28N6O3. The van der Waals surface area contributed by atoms with Gasteiger partial charge in [-0.15, -0.1) is 0 Å². The molecule has 9 nitrogen and oxygen atoms in total. The molecule has 2 amide bonds. The number of carbonyl (C=O) groups excluding carboxylic acids is 3. The molecule has 0 bridgehead atoms. The van der Waals surface area contributed by atoms with E-state index in [1.165, 1.54) is 0 Å². The summed E-state index contributed by atoms with van der Waals surface area (Å²) in [6.45, 7) is 2.03. The Kier molecular flexibility index (Phi) is 7.15. The number of primary amides is 1. The summed E-state index contributed by atoms with van der Waals surface area (Å²) in [5.41, 5.74) is 12.9. The van der Waals surface area contributed by atoms with Crippen LogP contribution < -0.4 is 16.8 Å². The third-order valence-electron chi connectivity index (χ3n) is 5.87. The molecule has 2 fully saturated rings. The van der Waals surface area contributed by atoms with E-state index in [9.17, 15) is 19.6 Å². The Hall–Kier alpha value is -2.80. The van der Waals surface area contributed by atoms with Gasteiger partial charge in [-0.2, -0.15) is 5.26 Å². The van der Waals surface area contributed by atoms with Crippen molar-refractivity contribution in [2.45, 2.75) is 50.0 Å². The topological polar surface area (TPSA) is 146 Å². The normalized spacial score (nSPS) is 25.1. The monoisotopic (exact) mass is 412 g/mol. The lowest BCUT2D eigenvalue weighted by atomic mass is 10.1. The fourth-order valence-electron chi connectivity index (χ4n) is 4.19. The van der Waals surface area contributed by atoms with Crippen LogP contribution in [0.1, 0.15) is 35.2 Å². The van der Waals surface area contributed by atoms with Gasteiger partial charge in [0.15, 0.2) is 0 Å². The maximum absolute atomic E-state index is 12.7. The standard InChI is InChI=1S/C21H28N6O3/c22-9-17-2-1-7-27(17)21(30)19(23)12-26-11-16(8-18(26)13-28)25-10-14-3-5-15(6-4-14)20(24)29/h3-6,13,16-19,25H,1-2,7-8,10-12,23H2,(H2,24,29)/t16?,17-,18?,19?/m0/s1. The molecule has 2 heterocycles. The van der Waals surface area contributed by atoms with Crippen LogP contribution in [0.2, 0.25) is 0 Å². The van der Waals surface area contributed by atoms with Crippen LogP contribution in [0.15, 0.2) is 24.3 Å². The van der Waals surface area contributed by atoms with E-state index in [-0.39, 0.29) is 24.5 Å². The first kappa shape index (κ1) is 21.9. The highest BCUT2D eigenvalue weighted by atomic mass is 16.2. The van der Waals surface area contributed by atoms with Gasteiger partial charge in [-0.25, -0.2) is 0 Å². The van der Waals surface area contributed by atoms with Crippen LogP contribution in [0.25, 0.3) is 0 Å². The molecule has 1 aromatic carbocycles. The molecular weight excluding hydrogens is 384 g/mol. The van der Waals surface area contributed by atoms with E-state index < -0.39 is 18.0 Å². The number of aldehydes is 1. The zero-order valence-corrected chi connectivity index (χ0v) is 16.9. The largest absolute Gasteiger partial charge is 0.366 e. The number of nitriles is 1. The highest BCUT2D eigenvalue weighted by Crippen LogP contribution is 2.20. The van der Waals surface area contributed by atoms with Crippen LogP contribution in [0.5, 0.6) is 0 Å². The highest BCUT2D eigenvalue weighted by Gasteiger charge is 2.36. The van der Waals surface area contributed by atoms with Crippen molar-refractivity contribution >= 4 is 18.1 Å². The summed E-state index contributed by atoms with van der Waals surface area (Å²) < 4.78 is 0. The lowest BCUT2D eigenvalue weighted by Gasteiger charge is -2.27. The Morgan fingerprint density at radius 1 is 1.33 bits per heavy atom. The number of carbonyl (C=O) groups is 3. The zero-order valence-electron chi connectivity index (χ0n) is 16.9. The maximum atomic E-state index is 12.7. The molecule has 0 radical (unpaired) electrons. The summed E-state index contributed by atoms with van der Waals surface area (Å²) in [5.74, 6) is -0.690. The van der Waals surface area contributed by atoms with Crippen LogP contribution >= 0.6 is 0 Å². The lowest BCUT2D eigenvalue weighted by molar-refractivity contribution is -0.133. The lowest BCUT2D eigenvalue weighted by Crippen LogP contribution is -2.52. The quantitative estimate of drug-likeness (QED) is 0.481. The fourth-order valence-corrected chi connectivity index (χ4v) is 4.19. The number of nitrogens with one attached hydrogen (secondary N) is 1. The van der Waals surface area contributed by atoms with Crippen molar-refractivity contribution in [3.63, 3.8) is 0 Å². The van der Waals surface area contributed by atoms with Crippen molar-refractivity contribution in [2.24, 2.45) is 11.5 Å². The fraction of sp³-hybridized carbons (Fsp3) is 0.524. The summed E-state index contributed by atoms with van der Waals surface area (Å²) in [4.78, 5) is 38.8. The number of hydrogen-bond donors (Lipinski definition) is 3. The van der Waals surface area contributed by atoms with E-state index in [1.54, 1.807) is 17.0 Å². The van der Waals surface area contributed by atoms with E-state index in [2.05, 4.69) is 11.4 Å². The van der Waals surface area contributed by atoms with Gasteiger partial charge < -0.3 is 26.5 Å². The SMILES string of the molecule is N#C[C@@H]1CCCN1C(=O)C(N)CN1CC(NCc2ccc(C(N)=O)cc2)CC1C=O. The molecule has 0 aromatic heterocycles. The summed E-state index contributed by atoms with van der Waals surface area (Å²) in [5, 5.41) is 12.6. The van der Waals surface area contributed by atoms with E-state index in [1.807, 2.05) is 17.0 Å². The molecule has 2 aliphatic rings. The Bertz CT molecular complexity index is 821. The van der Waals surface area contributed by atoms with Crippen molar-refractivity contribution in [1.82, 2.24) is 15.1 Å². The van der Waals surface area contributed by atoms with Crippen molar-refractivity contribution in [3.8, 4) is 6.07 Å². The van der Waals surface area contributed by atoms with Crippen LogP contribution in [0.3, 0.4) is 0 Å². The molecule has 4 atom stereocenters. The van der Waals surface area contributed by atoms with Crippen LogP contribution in [0, 0.1) is 11.3 Å². The molecule has 2 saturated heterocycles. The van der Waals surface area contributed by atoms with Gasteiger partial charge in [0.1, 0.15) is 12.3 Å². The molecule has 9 heteroatoms. The Morgan fingerprint density at radius 2 is 2.07 bits per heavy atom. The van der Waals surface area contributed by atoms with Gasteiger partial charge >= 0.3 is 0 Å². The Balaban J connectivity index is 1.52. The first-order valence-electron chi connectivity index (χ1n) is 10.2. The maximum Gasteiger partial charge on any atom is 0.248 e. The van der Waals surface area contributed by atoms with Crippen molar-refractivity contribution < 1.29 is 14.4 Å². The minimum Gasteiger partial charge on any atom is -0.366 e. The van der Waals surface area contributed by atoms with Crippen LogP contribution in [-0.2, 0) is 16.1 Å². The summed E-state index contributed by atoms with van der Waals surface area (Å²) in [6.07, 6.45) is 3.02. The van der Waals surface area contributed by atoms with Gasteiger partial charge in [0.2, 0.25) is 11.8 Å². The van der Waals surface area contributed by atoms with Gasteiger partial charge in [-0.3, -0.25) is 14.5 Å². The highest BCUT2D eigenvalue weighted by molar-refractivity contribution is 5.92. The molecule has 0 aliphatic carbocycles. The molecule has 0 spiro atoms. The Labute approximate surface area is 176 Å². The van der Waals surface area contributed by atoms with Gasteiger partial charge in [0.25, 0.3) is 0 Å². The average Bonchev–Trinajstić information content (AvgIpc) is 3.38.